The molecule has 2 rings (SSSR count). The Morgan fingerprint density at radius 1 is 1.22 bits per heavy atom. The smallest absolute Gasteiger partial charge is 0.223 e. The Balaban J connectivity index is 1.77. The third-order valence-electron chi connectivity index (χ3n) is 3.38. The Hall–Kier alpha value is -2.01. The lowest BCUT2D eigenvalue weighted by atomic mass is 10.2. The van der Waals surface area contributed by atoms with Gasteiger partial charge in [0, 0.05) is 30.7 Å². The summed E-state index contributed by atoms with van der Waals surface area (Å²) in [5, 5.41) is 0. The van der Waals surface area contributed by atoms with Crippen LogP contribution in [0.2, 0.25) is 0 Å². The van der Waals surface area contributed by atoms with Crippen LogP contribution in [0, 0.1) is 5.82 Å². The summed E-state index contributed by atoms with van der Waals surface area (Å²) >= 11 is 1.63. The lowest BCUT2D eigenvalue weighted by Crippen LogP contribution is -2.26. The molecule has 0 saturated carbocycles. The summed E-state index contributed by atoms with van der Waals surface area (Å²) in [6, 6.07) is 14.1. The summed E-state index contributed by atoms with van der Waals surface area (Å²) in [4.78, 5) is 14.9. The second kappa shape index (κ2) is 8.58. The van der Waals surface area contributed by atoms with Crippen LogP contribution in [0.15, 0.2) is 53.4 Å². The lowest BCUT2D eigenvalue weighted by molar-refractivity contribution is -0.129. The van der Waals surface area contributed by atoms with Crippen molar-refractivity contribution in [2.45, 2.75) is 17.9 Å². The van der Waals surface area contributed by atoms with Gasteiger partial charge in [0.1, 0.15) is 11.6 Å². The summed E-state index contributed by atoms with van der Waals surface area (Å²) in [5.74, 6) is 1.30. The molecule has 3 nitrogen and oxygen atoms in total. The van der Waals surface area contributed by atoms with E-state index in [1.54, 1.807) is 36.9 Å². The van der Waals surface area contributed by atoms with Crippen LogP contribution in [0.1, 0.15) is 12.0 Å². The molecule has 0 saturated heterocycles. The molecule has 1 amide bonds. The van der Waals surface area contributed by atoms with Crippen LogP contribution in [-0.2, 0) is 11.3 Å². The van der Waals surface area contributed by atoms with Crippen molar-refractivity contribution in [3.63, 3.8) is 0 Å². The van der Waals surface area contributed by atoms with Gasteiger partial charge in [0.05, 0.1) is 7.11 Å². The van der Waals surface area contributed by atoms with E-state index in [2.05, 4.69) is 0 Å². The minimum Gasteiger partial charge on any atom is -0.497 e. The number of benzene rings is 2. The van der Waals surface area contributed by atoms with Crippen LogP contribution >= 0.6 is 11.8 Å². The molecule has 0 bridgehead atoms. The maximum Gasteiger partial charge on any atom is 0.223 e. The van der Waals surface area contributed by atoms with Crippen LogP contribution in [0.3, 0.4) is 0 Å². The quantitative estimate of drug-likeness (QED) is 0.718. The molecule has 0 atom stereocenters. The first kappa shape index (κ1) is 17.3. The van der Waals surface area contributed by atoms with Crippen molar-refractivity contribution >= 4 is 17.7 Å². The van der Waals surface area contributed by atoms with Crippen LogP contribution in [-0.4, -0.2) is 30.7 Å². The molecule has 122 valence electrons. The van der Waals surface area contributed by atoms with Gasteiger partial charge in [-0.2, -0.15) is 0 Å². The molecule has 0 aliphatic rings. The second-order valence-electron chi connectivity index (χ2n) is 5.15. The first-order valence-corrected chi connectivity index (χ1v) is 8.32. The van der Waals surface area contributed by atoms with Gasteiger partial charge in [-0.15, -0.1) is 11.8 Å². The van der Waals surface area contributed by atoms with Crippen LogP contribution in [0.4, 0.5) is 4.39 Å². The number of rotatable bonds is 7. The van der Waals surface area contributed by atoms with Crippen LogP contribution in [0.25, 0.3) is 0 Å². The lowest BCUT2D eigenvalue weighted by Gasteiger charge is -2.17. The number of ether oxygens (including phenoxy) is 1. The molecule has 2 aromatic carbocycles. The molecule has 0 radical (unpaired) electrons. The number of halogens is 1. The zero-order valence-corrected chi connectivity index (χ0v) is 14.1. The molecule has 0 spiro atoms. The molecular weight excluding hydrogens is 313 g/mol. The van der Waals surface area contributed by atoms with E-state index >= 15 is 0 Å². The van der Waals surface area contributed by atoms with Crippen LogP contribution < -0.4 is 4.74 Å². The zero-order valence-electron chi connectivity index (χ0n) is 13.3. The van der Waals surface area contributed by atoms with Crippen LogP contribution in [0.5, 0.6) is 5.75 Å². The van der Waals surface area contributed by atoms with Gasteiger partial charge in [-0.25, -0.2) is 4.39 Å². The SMILES string of the molecule is COc1ccc(SCCC(=O)N(C)Cc2cccc(F)c2)cc1. The molecule has 0 aromatic heterocycles. The van der Waals surface area contributed by atoms with Crippen molar-refractivity contribution < 1.29 is 13.9 Å². The summed E-state index contributed by atoms with van der Waals surface area (Å²) in [6.45, 7) is 0.420. The average Bonchev–Trinajstić information content (AvgIpc) is 2.55. The predicted molar refractivity (Wildman–Crippen MR) is 91.2 cm³/mol. The summed E-state index contributed by atoms with van der Waals surface area (Å²) in [6.07, 6.45) is 0.447. The molecule has 2 aromatic rings. The van der Waals surface area contributed by atoms with E-state index in [-0.39, 0.29) is 11.7 Å². The van der Waals surface area contributed by atoms with Gasteiger partial charge in [0.25, 0.3) is 0 Å². The minimum absolute atomic E-state index is 0.0512. The number of nitrogens with zero attached hydrogens (tertiary/aromatic N) is 1. The maximum absolute atomic E-state index is 13.1. The molecule has 0 aliphatic heterocycles. The molecule has 23 heavy (non-hydrogen) atoms. The minimum atomic E-state index is -0.279. The van der Waals surface area contributed by atoms with Crippen molar-refractivity contribution in [2.75, 3.05) is 19.9 Å². The number of carbonyl (C=O) groups is 1. The Bertz CT molecular complexity index is 646. The van der Waals surface area contributed by atoms with E-state index in [0.717, 1.165) is 16.2 Å². The number of methoxy groups -OCH3 is 1. The molecule has 0 fully saturated rings. The highest BCUT2D eigenvalue weighted by molar-refractivity contribution is 7.99. The van der Waals surface area contributed by atoms with Gasteiger partial charge in [-0.3, -0.25) is 4.79 Å². The van der Waals surface area contributed by atoms with Crippen molar-refractivity contribution in [1.82, 2.24) is 4.90 Å². The predicted octanol–water partition coefficient (Wildman–Crippen LogP) is 3.98. The number of thioether (sulfide) groups is 1. The highest BCUT2D eigenvalue weighted by Crippen LogP contribution is 2.22. The van der Waals surface area contributed by atoms with E-state index < -0.39 is 0 Å². The zero-order chi connectivity index (χ0) is 16.7. The Morgan fingerprint density at radius 3 is 2.61 bits per heavy atom. The van der Waals surface area contributed by atoms with Crippen molar-refractivity contribution in [1.29, 1.82) is 0 Å². The van der Waals surface area contributed by atoms with Crippen molar-refractivity contribution in [3.05, 3.63) is 59.9 Å². The monoisotopic (exact) mass is 333 g/mol. The van der Waals surface area contributed by atoms with E-state index in [4.69, 9.17) is 4.74 Å². The van der Waals surface area contributed by atoms with Gasteiger partial charge in [0.2, 0.25) is 5.91 Å². The van der Waals surface area contributed by atoms with Crippen molar-refractivity contribution in [2.24, 2.45) is 0 Å². The van der Waals surface area contributed by atoms with Gasteiger partial charge >= 0.3 is 0 Å². The number of hydrogen-bond donors (Lipinski definition) is 0. The Morgan fingerprint density at radius 2 is 1.96 bits per heavy atom. The molecule has 0 heterocycles. The number of hydrogen-bond acceptors (Lipinski definition) is 3. The Kier molecular flexibility index (Phi) is 6.47. The van der Waals surface area contributed by atoms with Gasteiger partial charge < -0.3 is 9.64 Å². The third-order valence-corrected chi connectivity index (χ3v) is 4.39. The largest absolute Gasteiger partial charge is 0.497 e. The van der Waals surface area contributed by atoms with Gasteiger partial charge in [-0.1, -0.05) is 12.1 Å². The van der Waals surface area contributed by atoms with E-state index in [1.165, 1.54) is 12.1 Å². The Labute approximate surface area is 140 Å². The fourth-order valence-electron chi connectivity index (χ4n) is 2.12. The normalized spacial score (nSPS) is 10.4. The van der Waals surface area contributed by atoms with E-state index in [1.807, 2.05) is 30.3 Å². The van der Waals surface area contributed by atoms with Crippen molar-refractivity contribution in [3.8, 4) is 5.75 Å². The summed E-state index contributed by atoms with van der Waals surface area (Å²) < 4.78 is 18.3. The molecular formula is C18H20FNO2S. The fraction of sp³-hybridized carbons (Fsp3) is 0.278. The highest BCUT2D eigenvalue weighted by atomic mass is 32.2. The standard InChI is InChI=1S/C18H20FNO2S/c1-20(13-14-4-3-5-15(19)12-14)18(21)10-11-23-17-8-6-16(22-2)7-9-17/h3-9,12H,10-11,13H2,1-2H3. The first-order valence-electron chi connectivity index (χ1n) is 7.34. The first-order chi connectivity index (χ1) is 11.1. The highest BCUT2D eigenvalue weighted by Gasteiger charge is 2.09. The van der Waals surface area contributed by atoms with Gasteiger partial charge in [-0.05, 0) is 42.0 Å². The average molecular weight is 333 g/mol. The van der Waals surface area contributed by atoms with Gasteiger partial charge in [0.15, 0.2) is 0 Å². The number of amides is 1. The molecule has 5 heteroatoms. The summed E-state index contributed by atoms with van der Waals surface area (Å²) in [5.41, 5.74) is 0.795. The second-order valence-corrected chi connectivity index (χ2v) is 6.32. The molecule has 0 N–H and O–H groups in total. The molecule has 0 aliphatic carbocycles. The number of carbonyl (C=O) groups excluding carboxylic acids is 1. The summed E-state index contributed by atoms with van der Waals surface area (Å²) in [7, 11) is 3.38. The maximum atomic E-state index is 13.1. The van der Waals surface area contributed by atoms with E-state index in [0.29, 0.717) is 18.7 Å². The topological polar surface area (TPSA) is 29.5 Å². The third kappa shape index (κ3) is 5.60. The van der Waals surface area contributed by atoms with E-state index in [9.17, 15) is 9.18 Å². The molecule has 0 unspecified atom stereocenters. The fourth-order valence-corrected chi connectivity index (χ4v) is 2.96.